The Morgan fingerprint density at radius 3 is 2.37 bits per heavy atom. The van der Waals surface area contributed by atoms with Crippen molar-refractivity contribution in [1.82, 2.24) is 4.31 Å². The van der Waals surface area contributed by atoms with Crippen LogP contribution < -0.4 is 11.1 Å². The summed E-state index contributed by atoms with van der Waals surface area (Å²) in [4.78, 5) is 24.2. The average Bonchev–Trinajstić information content (AvgIpc) is 2.71. The van der Waals surface area contributed by atoms with E-state index in [9.17, 15) is 18.0 Å². The number of hydrogen-bond donors (Lipinski definition) is 2. The summed E-state index contributed by atoms with van der Waals surface area (Å²) in [5, 5.41) is 3.40. The molecule has 3 rings (SSSR count). The molecule has 9 heteroatoms. The van der Waals surface area contributed by atoms with E-state index in [2.05, 4.69) is 5.32 Å². The van der Waals surface area contributed by atoms with Crippen molar-refractivity contribution in [1.29, 1.82) is 0 Å². The zero-order valence-corrected chi connectivity index (χ0v) is 18.2. The fraction of sp³-hybridized carbons (Fsp3) is 0.333. The summed E-state index contributed by atoms with van der Waals surface area (Å²) in [5.74, 6) is -1.14. The van der Waals surface area contributed by atoms with Crippen molar-refractivity contribution >= 4 is 39.1 Å². The van der Waals surface area contributed by atoms with E-state index in [1.165, 1.54) is 4.31 Å². The number of hydrogen-bond acceptors (Lipinski definition) is 4. The summed E-state index contributed by atoms with van der Waals surface area (Å²) in [5.41, 5.74) is 7.53. The van der Waals surface area contributed by atoms with Crippen LogP contribution in [0.15, 0.2) is 42.5 Å². The Balaban J connectivity index is 1.60. The molecule has 7 nitrogen and oxygen atoms in total. The van der Waals surface area contributed by atoms with Gasteiger partial charge in [-0.1, -0.05) is 29.8 Å². The van der Waals surface area contributed by atoms with Crippen LogP contribution in [0.5, 0.6) is 0 Å². The van der Waals surface area contributed by atoms with Gasteiger partial charge in [0.25, 0.3) is 0 Å². The number of sulfonamides is 1. The highest BCUT2D eigenvalue weighted by Crippen LogP contribution is 2.25. The first-order chi connectivity index (χ1) is 14.2. The maximum atomic E-state index is 12.7. The van der Waals surface area contributed by atoms with E-state index in [-0.39, 0.29) is 30.7 Å². The number of carbonyl (C=O) groups excluding carboxylic acids is 2. The predicted molar refractivity (Wildman–Crippen MR) is 117 cm³/mol. The van der Waals surface area contributed by atoms with Crippen LogP contribution in [0.1, 0.15) is 34.3 Å². The van der Waals surface area contributed by atoms with Gasteiger partial charge in [0.2, 0.25) is 21.8 Å². The van der Waals surface area contributed by atoms with Gasteiger partial charge in [0.1, 0.15) is 0 Å². The minimum atomic E-state index is -3.47. The van der Waals surface area contributed by atoms with E-state index >= 15 is 0 Å². The first-order valence-corrected chi connectivity index (χ1v) is 11.6. The van der Waals surface area contributed by atoms with Crippen LogP contribution >= 0.6 is 11.6 Å². The third kappa shape index (κ3) is 5.19. The number of nitrogens with one attached hydrogen (secondary N) is 1. The van der Waals surface area contributed by atoms with E-state index in [1.807, 2.05) is 0 Å². The van der Waals surface area contributed by atoms with Crippen molar-refractivity contribution < 1.29 is 18.0 Å². The molecule has 1 aliphatic heterocycles. The molecule has 0 aromatic heterocycles. The molecule has 0 atom stereocenters. The van der Waals surface area contributed by atoms with E-state index in [4.69, 9.17) is 17.3 Å². The molecule has 1 heterocycles. The molecule has 0 spiro atoms. The molecule has 30 heavy (non-hydrogen) atoms. The van der Waals surface area contributed by atoms with Crippen molar-refractivity contribution in [2.75, 3.05) is 18.4 Å². The molecule has 2 aromatic carbocycles. The first kappa shape index (κ1) is 22.3. The Morgan fingerprint density at radius 1 is 1.13 bits per heavy atom. The Hall–Kier alpha value is -2.42. The van der Waals surface area contributed by atoms with Crippen molar-refractivity contribution in [3.8, 4) is 0 Å². The molecule has 0 radical (unpaired) electrons. The highest BCUT2D eigenvalue weighted by molar-refractivity contribution is 7.88. The van der Waals surface area contributed by atoms with Crippen molar-refractivity contribution in [3.63, 3.8) is 0 Å². The number of nitrogens with zero attached hydrogens (tertiary/aromatic N) is 1. The van der Waals surface area contributed by atoms with Gasteiger partial charge in [0, 0.05) is 35.3 Å². The predicted octanol–water partition coefficient (Wildman–Crippen LogP) is 2.93. The lowest BCUT2D eigenvalue weighted by molar-refractivity contribution is -0.120. The van der Waals surface area contributed by atoms with Gasteiger partial charge >= 0.3 is 0 Å². The van der Waals surface area contributed by atoms with Crippen molar-refractivity contribution in [3.05, 3.63) is 64.2 Å². The Bertz CT molecular complexity index is 1050. The molecule has 2 amide bonds. The lowest BCUT2D eigenvalue weighted by Gasteiger charge is -2.30. The minimum Gasteiger partial charge on any atom is -0.366 e. The van der Waals surface area contributed by atoms with E-state index < -0.39 is 15.9 Å². The maximum Gasteiger partial charge on any atom is 0.249 e. The topological polar surface area (TPSA) is 110 Å². The van der Waals surface area contributed by atoms with E-state index in [0.717, 1.165) is 0 Å². The zero-order valence-electron chi connectivity index (χ0n) is 16.6. The van der Waals surface area contributed by atoms with Crippen molar-refractivity contribution in [2.24, 2.45) is 11.7 Å². The summed E-state index contributed by atoms with van der Waals surface area (Å²) >= 11 is 5.85. The van der Waals surface area contributed by atoms with Crippen LogP contribution in [-0.2, 0) is 20.6 Å². The summed E-state index contributed by atoms with van der Waals surface area (Å²) in [6.45, 7) is 2.30. The van der Waals surface area contributed by atoms with Gasteiger partial charge in [-0.2, -0.15) is 0 Å². The van der Waals surface area contributed by atoms with Crippen molar-refractivity contribution in [2.45, 2.75) is 25.5 Å². The maximum absolute atomic E-state index is 12.7. The van der Waals surface area contributed by atoms with Crippen LogP contribution in [0.25, 0.3) is 0 Å². The normalized spacial score (nSPS) is 15.7. The third-order valence-corrected chi connectivity index (χ3v) is 7.44. The number of amides is 2. The second-order valence-corrected chi connectivity index (χ2v) is 9.79. The monoisotopic (exact) mass is 449 g/mol. The van der Waals surface area contributed by atoms with Crippen LogP contribution in [0.3, 0.4) is 0 Å². The molecule has 1 saturated heterocycles. The smallest absolute Gasteiger partial charge is 0.249 e. The number of benzene rings is 2. The summed E-state index contributed by atoms with van der Waals surface area (Å²) in [6.07, 6.45) is 0.862. The highest BCUT2D eigenvalue weighted by Gasteiger charge is 2.31. The van der Waals surface area contributed by atoms with E-state index in [0.29, 0.717) is 40.2 Å². The summed E-state index contributed by atoms with van der Waals surface area (Å²) in [6, 6.07) is 11.7. The van der Waals surface area contributed by atoms with Gasteiger partial charge in [-0.15, -0.1) is 0 Å². The molecular weight excluding hydrogens is 426 g/mol. The molecule has 160 valence electrons. The highest BCUT2D eigenvalue weighted by atomic mass is 35.5. The zero-order chi connectivity index (χ0) is 21.9. The largest absolute Gasteiger partial charge is 0.366 e. The first-order valence-electron chi connectivity index (χ1n) is 9.60. The van der Waals surface area contributed by atoms with Gasteiger partial charge in [-0.25, -0.2) is 12.7 Å². The van der Waals surface area contributed by atoms with Gasteiger partial charge in [-0.3, -0.25) is 9.59 Å². The van der Waals surface area contributed by atoms with Crippen LogP contribution in [0.2, 0.25) is 5.02 Å². The van der Waals surface area contributed by atoms with Gasteiger partial charge in [0.05, 0.1) is 5.75 Å². The molecule has 1 aliphatic rings. The Labute approximate surface area is 181 Å². The summed E-state index contributed by atoms with van der Waals surface area (Å²) < 4.78 is 26.8. The second kappa shape index (κ2) is 9.16. The fourth-order valence-corrected chi connectivity index (χ4v) is 5.24. The average molecular weight is 450 g/mol. The van der Waals surface area contributed by atoms with Crippen LogP contribution in [0, 0.1) is 12.8 Å². The second-order valence-electron chi connectivity index (χ2n) is 7.39. The molecule has 0 unspecified atom stereocenters. The fourth-order valence-electron chi connectivity index (χ4n) is 3.55. The van der Waals surface area contributed by atoms with Crippen LogP contribution in [-0.4, -0.2) is 37.6 Å². The molecule has 0 bridgehead atoms. The lowest BCUT2D eigenvalue weighted by atomic mass is 9.96. The molecule has 1 fully saturated rings. The number of halogens is 1. The number of primary amides is 1. The number of carbonyl (C=O) groups is 2. The number of piperidine rings is 1. The SMILES string of the molecule is Cc1c(NC(=O)C2CCN(S(=O)(=O)Cc3ccc(Cl)cc3)CC2)cccc1C(N)=O. The molecule has 0 saturated carbocycles. The Kier molecular flexibility index (Phi) is 6.80. The number of rotatable bonds is 6. The summed E-state index contributed by atoms with van der Waals surface area (Å²) in [7, 11) is -3.47. The molecular formula is C21H24ClN3O4S. The molecule has 0 aliphatic carbocycles. The standard InChI is InChI=1S/C21H24ClN3O4S/c1-14-18(20(23)26)3-2-4-19(14)24-21(27)16-9-11-25(12-10-16)30(28,29)13-15-5-7-17(22)8-6-15/h2-8,16H,9-13H2,1H3,(H2,23,26)(H,24,27). The lowest BCUT2D eigenvalue weighted by Crippen LogP contribution is -2.42. The molecule has 2 aromatic rings. The van der Waals surface area contributed by atoms with Gasteiger partial charge < -0.3 is 11.1 Å². The number of anilines is 1. The third-order valence-electron chi connectivity index (χ3n) is 5.34. The quantitative estimate of drug-likeness (QED) is 0.706. The van der Waals surface area contributed by atoms with Gasteiger partial charge in [-0.05, 0) is 55.2 Å². The van der Waals surface area contributed by atoms with Gasteiger partial charge in [0.15, 0.2) is 0 Å². The Morgan fingerprint density at radius 2 is 1.77 bits per heavy atom. The minimum absolute atomic E-state index is 0.0971. The number of nitrogens with two attached hydrogens (primary N) is 1. The van der Waals surface area contributed by atoms with E-state index in [1.54, 1.807) is 49.4 Å². The molecule has 3 N–H and O–H groups in total. The van der Waals surface area contributed by atoms with Crippen LogP contribution in [0.4, 0.5) is 5.69 Å².